The molecule has 0 aliphatic rings. The lowest BCUT2D eigenvalue weighted by molar-refractivity contribution is 0.0801. The van der Waals surface area contributed by atoms with Gasteiger partial charge < -0.3 is 5.11 Å². The van der Waals surface area contributed by atoms with Crippen LogP contribution in [-0.2, 0) is 10.1 Å². The van der Waals surface area contributed by atoms with Crippen LogP contribution in [0.3, 0.4) is 0 Å². The zero-order chi connectivity index (χ0) is 14.6. The number of hydrogen-bond acceptors (Lipinski definition) is 3. The summed E-state index contributed by atoms with van der Waals surface area (Å²) in [6.45, 7) is 9.68. The summed E-state index contributed by atoms with van der Waals surface area (Å²) in [5.41, 5.74) is 1.01. The fourth-order valence-corrected chi connectivity index (χ4v) is 1.19. The Labute approximate surface area is 109 Å². The predicted molar refractivity (Wildman–Crippen MR) is 72.1 cm³/mol. The van der Waals surface area contributed by atoms with E-state index in [2.05, 4.69) is 0 Å². The second kappa shape index (κ2) is 6.31. The van der Waals surface area contributed by atoms with Gasteiger partial charge in [-0.2, -0.15) is 8.42 Å². The topological polar surface area (TPSA) is 74.6 Å². The molecule has 0 fully saturated rings. The zero-order valence-corrected chi connectivity index (χ0v) is 12.3. The van der Waals surface area contributed by atoms with Gasteiger partial charge >= 0.3 is 0 Å². The van der Waals surface area contributed by atoms with Crippen molar-refractivity contribution in [2.75, 3.05) is 0 Å². The van der Waals surface area contributed by atoms with Gasteiger partial charge in [0.25, 0.3) is 10.1 Å². The van der Waals surface area contributed by atoms with Crippen LogP contribution in [0.1, 0.15) is 33.3 Å². The molecule has 2 N–H and O–H groups in total. The van der Waals surface area contributed by atoms with Crippen LogP contribution >= 0.6 is 0 Å². The fraction of sp³-hybridized carbons (Fsp3) is 0.538. The van der Waals surface area contributed by atoms with Crippen LogP contribution in [0, 0.1) is 12.3 Å². The third-order valence-electron chi connectivity index (χ3n) is 2.57. The number of aliphatic hydroxyl groups excluding tert-OH is 1. The van der Waals surface area contributed by atoms with Crippen LogP contribution in [0.25, 0.3) is 0 Å². The number of aliphatic hydroxyl groups is 1. The van der Waals surface area contributed by atoms with Crippen LogP contribution in [0.2, 0.25) is 0 Å². The fourth-order valence-electron chi connectivity index (χ4n) is 0.710. The van der Waals surface area contributed by atoms with E-state index in [-0.39, 0.29) is 16.4 Å². The molecule has 0 aliphatic heterocycles. The van der Waals surface area contributed by atoms with E-state index in [1.165, 1.54) is 12.1 Å². The smallest absolute Gasteiger partial charge is 0.294 e. The monoisotopic (exact) mass is 274 g/mol. The van der Waals surface area contributed by atoms with E-state index in [0.29, 0.717) is 0 Å². The van der Waals surface area contributed by atoms with Gasteiger partial charge in [-0.25, -0.2) is 0 Å². The first-order valence-corrected chi connectivity index (χ1v) is 7.11. The highest BCUT2D eigenvalue weighted by Crippen LogP contribution is 2.17. The molecule has 1 unspecified atom stereocenters. The lowest BCUT2D eigenvalue weighted by Crippen LogP contribution is -2.21. The lowest BCUT2D eigenvalue weighted by atomic mass is 9.91. The molecule has 104 valence electrons. The number of rotatable bonds is 1. The van der Waals surface area contributed by atoms with E-state index in [1.54, 1.807) is 19.1 Å². The van der Waals surface area contributed by atoms with Crippen molar-refractivity contribution in [1.29, 1.82) is 0 Å². The van der Waals surface area contributed by atoms with Crippen molar-refractivity contribution in [3.8, 4) is 0 Å². The molecule has 0 spiro atoms. The minimum Gasteiger partial charge on any atom is -0.393 e. The minimum atomic E-state index is -4.02. The largest absolute Gasteiger partial charge is 0.393 e. The van der Waals surface area contributed by atoms with Crippen LogP contribution in [0.4, 0.5) is 0 Å². The highest BCUT2D eigenvalue weighted by Gasteiger charge is 2.15. The van der Waals surface area contributed by atoms with Gasteiger partial charge in [-0.05, 0) is 31.4 Å². The average Bonchev–Trinajstić information content (AvgIpc) is 2.16. The Bertz CT molecular complexity index is 453. The van der Waals surface area contributed by atoms with Crippen molar-refractivity contribution in [3.63, 3.8) is 0 Å². The van der Waals surface area contributed by atoms with Gasteiger partial charge in [-0.1, -0.05) is 38.5 Å². The van der Waals surface area contributed by atoms with Crippen molar-refractivity contribution in [2.45, 2.75) is 45.6 Å². The third kappa shape index (κ3) is 6.74. The maximum absolute atomic E-state index is 10.5. The van der Waals surface area contributed by atoms with E-state index in [0.717, 1.165) is 5.56 Å². The molecule has 1 aromatic rings. The van der Waals surface area contributed by atoms with E-state index < -0.39 is 10.1 Å². The predicted octanol–water partition coefficient (Wildman–Crippen LogP) is 2.66. The molecule has 5 heteroatoms. The Hall–Kier alpha value is -0.910. The molecule has 0 saturated carbocycles. The Morgan fingerprint density at radius 3 is 1.67 bits per heavy atom. The molecule has 0 aliphatic carbocycles. The summed E-state index contributed by atoms with van der Waals surface area (Å²) < 4.78 is 29.6. The second-order valence-corrected chi connectivity index (χ2v) is 6.75. The van der Waals surface area contributed by atoms with Crippen molar-refractivity contribution in [1.82, 2.24) is 0 Å². The molecule has 1 rings (SSSR count). The molecule has 0 aromatic heterocycles. The van der Waals surface area contributed by atoms with Gasteiger partial charge in [-0.3, -0.25) is 4.55 Å². The Balaban J connectivity index is 0.000000360. The number of hydrogen-bond donors (Lipinski definition) is 2. The second-order valence-electron chi connectivity index (χ2n) is 5.33. The summed E-state index contributed by atoms with van der Waals surface area (Å²) in [5, 5.41) is 8.89. The molecule has 0 saturated heterocycles. The number of benzene rings is 1. The standard InChI is InChI=1S/C7H8O3S.C6H14O/c1-6-2-4-7(5-3-6)11(8,9)10;1-5(7)6(2,3)4/h2-5H,1H3,(H,8,9,10);5,7H,1-4H3. The molecule has 0 bridgehead atoms. The summed E-state index contributed by atoms with van der Waals surface area (Å²) in [6.07, 6.45) is -0.201. The molecule has 18 heavy (non-hydrogen) atoms. The first-order valence-electron chi connectivity index (χ1n) is 5.67. The highest BCUT2D eigenvalue weighted by atomic mass is 32.2. The van der Waals surface area contributed by atoms with E-state index >= 15 is 0 Å². The van der Waals surface area contributed by atoms with E-state index in [4.69, 9.17) is 9.66 Å². The molecule has 0 radical (unpaired) electrons. The quantitative estimate of drug-likeness (QED) is 0.772. The van der Waals surface area contributed by atoms with Gasteiger partial charge in [0.1, 0.15) is 0 Å². The van der Waals surface area contributed by atoms with Crippen molar-refractivity contribution < 1.29 is 18.1 Å². The van der Waals surface area contributed by atoms with Crippen LogP contribution in [-0.4, -0.2) is 24.2 Å². The van der Waals surface area contributed by atoms with Crippen molar-refractivity contribution in [3.05, 3.63) is 29.8 Å². The third-order valence-corrected chi connectivity index (χ3v) is 3.44. The van der Waals surface area contributed by atoms with Crippen molar-refractivity contribution in [2.24, 2.45) is 5.41 Å². The van der Waals surface area contributed by atoms with Crippen molar-refractivity contribution >= 4 is 10.1 Å². The summed E-state index contributed by atoms with van der Waals surface area (Å²) >= 11 is 0. The summed E-state index contributed by atoms with van der Waals surface area (Å²) in [5.74, 6) is 0. The first kappa shape index (κ1) is 17.1. The van der Waals surface area contributed by atoms with Gasteiger partial charge in [0.2, 0.25) is 0 Å². The van der Waals surface area contributed by atoms with Crippen LogP contribution in [0.5, 0.6) is 0 Å². The lowest BCUT2D eigenvalue weighted by Gasteiger charge is -2.21. The Kier molecular flexibility index (Phi) is 5.99. The minimum absolute atomic E-state index is 0.0556. The van der Waals surface area contributed by atoms with Gasteiger partial charge in [0.15, 0.2) is 0 Å². The zero-order valence-electron chi connectivity index (χ0n) is 11.5. The Morgan fingerprint density at radius 1 is 1.11 bits per heavy atom. The van der Waals surface area contributed by atoms with Gasteiger partial charge in [0, 0.05) is 0 Å². The molecule has 1 atom stereocenters. The highest BCUT2D eigenvalue weighted by molar-refractivity contribution is 7.85. The molecular weight excluding hydrogens is 252 g/mol. The van der Waals surface area contributed by atoms with Crippen LogP contribution < -0.4 is 0 Å². The average molecular weight is 274 g/mol. The summed E-state index contributed by atoms with van der Waals surface area (Å²) in [6, 6.07) is 5.99. The molecular formula is C13H22O4S. The van der Waals surface area contributed by atoms with E-state index in [1.807, 2.05) is 27.7 Å². The molecule has 1 aromatic carbocycles. The van der Waals surface area contributed by atoms with Gasteiger partial charge in [0.05, 0.1) is 11.0 Å². The molecule has 0 heterocycles. The van der Waals surface area contributed by atoms with Crippen LogP contribution in [0.15, 0.2) is 29.2 Å². The molecule has 4 nitrogen and oxygen atoms in total. The maximum atomic E-state index is 10.5. The normalized spacial score (nSPS) is 13.5. The van der Waals surface area contributed by atoms with Gasteiger partial charge in [-0.15, -0.1) is 0 Å². The first-order chi connectivity index (χ1) is 7.94. The van der Waals surface area contributed by atoms with E-state index in [9.17, 15) is 8.42 Å². The summed E-state index contributed by atoms with van der Waals surface area (Å²) in [4.78, 5) is -0.0666. The maximum Gasteiger partial charge on any atom is 0.294 e. The number of aryl methyl sites for hydroxylation is 1. The SMILES string of the molecule is CC(O)C(C)(C)C.Cc1ccc(S(=O)(=O)O)cc1. The summed E-state index contributed by atoms with van der Waals surface area (Å²) in [7, 11) is -4.02. The Morgan fingerprint density at radius 2 is 1.44 bits per heavy atom. The molecule has 0 amide bonds.